The van der Waals surface area contributed by atoms with Crippen molar-refractivity contribution in [3.8, 4) is 0 Å². The Morgan fingerprint density at radius 2 is 1.50 bits per heavy atom. The van der Waals surface area contributed by atoms with E-state index < -0.39 is 37.8 Å². The summed E-state index contributed by atoms with van der Waals surface area (Å²) in [7, 11) is -14.3. The third-order valence-corrected chi connectivity index (χ3v) is 7.81. The molecule has 150 valence electrons. The molecule has 0 aliphatic rings. The predicted molar refractivity (Wildman–Crippen MR) is 102 cm³/mol. The average Bonchev–Trinajstić information content (AvgIpc) is 2.58. The molecule has 9 nitrogen and oxygen atoms in total. The molecule has 0 radical (unpaired) electrons. The summed E-state index contributed by atoms with van der Waals surface area (Å²) < 4.78 is 55.5. The van der Waals surface area contributed by atoms with Gasteiger partial charge in [-0.25, -0.2) is 17.5 Å². The molecule has 0 saturated carbocycles. The first-order valence-electron chi connectivity index (χ1n) is 7.86. The fourth-order valence-corrected chi connectivity index (χ4v) is 5.84. The van der Waals surface area contributed by atoms with Crippen molar-refractivity contribution in [3.05, 3.63) is 54.6 Å². The fourth-order valence-electron chi connectivity index (χ4n) is 2.81. The molecule has 0 saturated heterocycles. The average molecular weight is 446 g/mol. The second-order valence-corrected chi connectivity index (χ2v) is 10.7. The molecule has 3 aromatic carbocycles. The molecule has 28 heavy (non-hydrogen) atoms. The minimum absolute atomic E-state index is 0.0167. The van der Waals surface area contributed by atoms with Gasteiger partial charge in [0, 0.05) is 5.39 Å². The third kappa shape index (κ3) is 4.86. The number of sulfone groups is 1. The Morgan fingerprint density at radius 3 is 2.21 bits per heavy atom. The van der Waals surface area contributed by atoms with E-state index in [2.05, 4.69) is 8.83 Å². The van der Waals surface area contributed by atoms with E-state index in [1.165, 1.54) is 6.07 Å². The van der Waals surface area contributed by atoms with E-state index in [-0.39, 0.29) is 4.90 Å². The van der Waals surface area contributed by atoms with Gasteiger partial charge in [-0.05, 0) is 22.2 Å². The van der Waals surface area contributed by atoms with Gasteiger partial charge in [-0.3, -0.25) is 4.52 Å². The molecular weight excluding hydrogens is 430 g/mol. The Kier molecular flexibility index (Phi) is 5.78. The van der Waals surface area contributed by atoms with Crippen LogP contribution in [0.4, 0.5) is 0 Å². The molecule has 1 atom stereocenters. The number of fused-ring (bicyclic) bond motifs is 3. The van der Waals surface area contributed by atoms with E-state index >= 15 is 0 Å². The van der Waals surface area contributed by atoms with Gasteiger partial charge in [0.25, 0.3) is 0 Å². The van der Waals surface area contributed by atoms with Crippen LogP contribution >= 0.6 is 15.6 Å². The van der Waals surface area contributed by atoms with E-state index in [4.69, 9.17) is 9.79 Å². The maximum absolute atomic E-state index is 12.7. The van der Waals surface area contributed by atoms with Crippen LogP contribution in [0.1, 0.15) is 0 Å². The number of hydrogen-bond acceptors (Lipinski definition) is 6. The standard InChI is InChI=1S/C16H16O9P2S/c17-26(18,19)25-27(20,21)24-10-11-28(22,23)16-7-3-6-14-13-5-2-1-4-12(13)8-9-15(14)16/h1-9H,10-11H2,(H,20,21)(H2,17,18,19). The topological polar surface area (TPSA) is 147 Å². The minimum atomic E-state index is -5.27. The molecule has 0 bridgehead atoms. The van der Waals surface area contributed by atoms with E-state index in [0.29, 0.717) is 5.39 Å². The van der Waals surface area contributed by atoms with E-state index in [1.807, 2.05) is 24.3 Å². The van der Waals surface area contributed by atoms with Crippen molar-refractivity contribution in [1.82, 2.24) is 0 Å². The quantitative estimate of drug-likeness (QED) is 0.368. The molecule has 1 unspecified atom stereocenters. The molecule has 0 spiro atoms. The summed E-state index contributed by atoms with van der Waals surface area (Å²) >= 11 is 0. The molecule has 12 heteroatoms. The van der Waals surface area contributed by atoms with Crippen molar-refractivity contribution in [2.45, 2.75) is 4.90 Å². The van der Waals surface area contributed by atoms with E-state index in [0.717, 1.165) is 16.2 Å². The highest BCUT2D eigenvalue weighted by Gasteiger charge is 2.32. The molecule has 0 fully saturated rings. The number of benzene rings is 3. The van der Waals surface area contributed by atoms with Crippen molar-refractivity contribution in [3.63, 3.8) is 0 Å². The molecule has 3 N–H and O–H groups in total. The predicted octanol–water partition coefficient (Wildman–Crippen LogP) is 2.99. The van der Waals surface area contributed by atoms with Crippen LogP contribution in [-0.4, -0.2) is 35.5 Å². The largest absolute Gasteiger partial charge is 0.481 e. The molecule has 3 aromatic rings. The van der Waals surface area contributed by atoms with Crippen LogP contribution in [-0.2, 0) is 27.8 Å². The van der Waals surface area contributed by atoms with Crippen LogP contribution in [0.25, 0.3) is 21.5 Å². The van der Waals surface area contributed by atoms with Crippen molar-refractivity contribution >= 4 is 47.0 Å². The smallest absolute Gasteiger partial charge is 0.302 e. The lowest BCUT2D eigenvalue weighted by Crippen LogP contribution is -2.12. The highest BCUT2D eigenvalue weighted by atomic mass is 32.2. The number of rotatable bonds is 7. The molecule has 0 heterocycles. The zero-order chi connectivity index (χ0) is 20.6. The third-order valence-electron chi connectivity index (χ3n) is 3.90. The van der Waals surface area contributed by atoms with Gasteiger partial charge in [0.15, 0.2) is 9.84 Å². The SMILES string of the molecule is O=P(O)(O)OP(=O)(O)OCCS(=O)(=O)c1cccc2c1ccc1ccccc12. The van der Waals surface area contributed by atoms with Crippen LogP contribution in [0.5, 0.6) is 0 Å². The van der Waals surface area contributed by atoms with Gasteiger partial charge < -0.3 is 14.7 Å². The van der Waals surface area contributed by atoms with Crippen molar-refractivity contribution < 1.29 is 41.1 Å². The zero-order valence-electron chi connectivity index (χ0n) is 14.2. The number of hydrogen-bond donors (Lipinski definition) is 3. The van der Waals surface area contributed by atoms with Crippen molar-refractivity contribution in [2.24, 2.45) is 0 Å². The number of phosphoric acid groups is 2. The van der Waals surface area contributed by atoms with E-state index in [9.17, 15) is 22.4 Å². The minimum Gasteiger partial charge on any atom is -0.302 e. The first kappa shape index (κ1) is 21.1. The lowest BCUT2D eigenvalue weighted by atomic mass is 10.0. The maximum atomic E-state index is 12.7. The molecular formula is C16H16O9P2S. The van der Waals surface area contributed by atoms with Gasteiger partial charge in [0.1, 0.15) is 0 Å². The second-order valence-electron chi connectivity index (χ2n) is 5.83. The highest BCUT2D eigenvalue weighted by molar-refractivity contribution is 7.91. The summed E-state index contributed by atoms with van der Waals surface area (Å²) in [5, 5.41) is 3.05. The van der Waals surface area contributed by atoms with Gasteiger partial charge >= 0.3 is 15.6 Å². The van der Waals surface area contributed by atoms with Crippen LogP contribution < -0.4 is 0 Å². The van der Waals surface area contributed by atoms with Crippen LogP contribution in [0.2, 0.25) is 0 Å². The fraction of sp³-hybridized carbons (Fsp3) is 0.125. The molecule has 0 aromatic heterocycles. The Hall–Kier alpha value is -1.61. The summed E-state index contributed by atoms with van der Waals surface area (Å²) in [6, 6.07) is 15.8. The Labute approximate surface area is 160 Å². The molecule has 0 amide bonds. The Morgan fingerprint density at radius 1 is 0.821 bits per heavy atom. The monoisotopic (exact) mass is 446 g/mol. The zero-order valence-corrected chi connectivity index (χ0v) is 16.8. The summed E-state index contributed by atoms with van der Waals surface area (Å²) in [5.41, 5.74) is 0. The maximum Gasteiger partial charge on any atom is 0.481 e. The highest BCUT2D eigenvalue weighted by Crippen LogP contribution is 2.57. The second kappa shape index (κ2) is 7.67. The van der Waals surface area contributed by atoms with Crippen LogP contribution in [0, 0.1) is 0 Å². The normalized spacial score (nSPS) is 15.0. The lowest BCUT2D eigenvalue weighted by molar-refractivity contribution is 0.185. The summed E-state index contributed by atoms with van der Waals surface area (Å²) in [6.45, 7) is -0.792. The van der Waals surface area contributed by atoms with Crippen molar-refractivity contribution in [1.29, 1.82) is 0 Å². The number of phosphoric ester groups is 1. The Balaban J connectivity index is 1.88. The molecule has 3 rings (SSSR count). The van der Waals surface area contributed by atoms with Gasteiger partial charge in [-0.2, -0.15) is 4.31 Å². The van der Waals surface area contributed by atoms with E-state index in [1.54, 1.807) is 24.3 Å². The molecule has 0 aliphatic carbocycles. The van der Waals surface area contributed by atoms with Gasteiger partial charge in [-0.15, -0.1) is 0 Å². The van der Waals surface area contributed by atoms with Crippen LogP contribution in [0.3, 0.4) is 0 Å². The van der Waals surface area contributed by atoms with Gasteiger partial charge in [0.05, 0.1) is 17.3 Å². The lowest BCUT2D eigenvalue weighted by Gasteiger charge is -2.13. The first-order chi connectivity index (χ1) is 13.0. The van der Waals surface area contributed by atoms with Crippen LogP contribution in [0.15, 0.2) is 59.5 Å². The Bertz CT molecular complexity index is 1230. The molecule has 0 aliphatic heterocycles. The summed E-state index contributed by atoms with van der Waals surface area (Å²) in [6.07, 6.45) is 0. The van der Waals surface area contributed by atoms with Gasteiger partial charge in [-0.1, -0.05) is 48.5 Å². The summed E-state index contributed by atoms with van der Waals surface area (Å²) in [4.78, 5) is 26.4. The first-order valence-corrected chi connectivity index (χ1v) is 12.5. The van der Waals surface area contributed by atoms with Gasteiger partial charge in [0.2, 0.25) is 0 Å². The van der Waals surface area contributed by atoms with Crippen molar-refractivity contribution in [2.75, 3.05) is 12.4 Å². The summed E-state index contributed by atoms with van der Waals surface area (Å²) in [5.74, 6) is -0.686.